The van der Waals surface area contributed by atoms with Crippen LogP contribution in [0.4, 0.5) is 0 Å². The molecule has 0 aliphatic heterocycles. The lowest BCUT2D eigenvalue weighted by Crippen LogP contribution is -2.11. The van der Waals surface area contributed by atoms with Crippen molar-refractivity contribution in [1.82, 2.24) is 14.4 Å². The van der Waals surface area contributed by atoms with E-state index in [2.05, 4.69) is 9.97 Å². The molecule has 2 N–H and O–H groups in total. The smallest absolute Gasteiger partial charge is 0.274 e. The highest BCUT2D eigenvalue weighted by Crippen LogP contribution is 2.19. The molecule has 0 saturated carbocycles. The van der Waals surface area contributed by atoms with E-state index in [0.717, 1.165) is 11.3 Å². The van der Waals surface area contributed by atoms with Gasteiger partial charge in [0, 0.05) is 18.1 Å². The van der Waals surface area contributed by atoms with Crippen LogP contribution in [0.1, 0.15) is 12.2 Å². The summed E-state index contributed by atoms with van der Waals surface area (Å²) in [5.74, 6) is 0.766. The van der Waals surface area contributed by atoms with Crippen LogP contribution < -0.4 is 5.56 Å². The summed E-state index contributed by atoms with van der Waals surface area (Å²) in [7, 11) is 0. The minimum Gasteiger partial charge on any atom is -0.396 e. The van der Waals surface area contributed by atoms with Crippen LogP contribution in [0.3, 0.4) is 0 Å². The zero-order chi connectivity index (χ0) is 13.4. The van der Waals surface area contributed by atoms with Gasteiger partial charge < -0.3 is 10.1 Å². The molecule has 0 aliphatic rings. The van der Waals surface area contributed by atoms with Crippen molar-refractivity contribution in [3.8, 4) is 0 Å². The van der Waals surface area contributed by atoms with Gasteiger partial charge in [-0.2, -0.15) is 0 Å². The highest BCUT2D eigenvalue weighted by Gasteiger charge is 2.10. The van der Waals surface area contributed by atoms with Crippen molar-refractivity contribution in [3.05, 3.63) is 45.6 Å². The van der Waals surface area contributed by atoms with Gasteiger partial charge in [-0.3, -0.25) is 9.20 Å². The fourth-order valence-electron chi connectivity index (χ4n) is 2.22. The number of aliphatic hydroxyl groups is 1. The monoisotopic (exact) mass is 277 g/mol. The second-order valence-corrected chi connectivity index (χ2v) is 4.77. The van der Waals surface area contributed by atoms with E-state index in [9.17, 15) is 4.79 Å². The first kappa shape index (κ1) is 12.2. The molecule has 2 heterocycles. The number of H-pyrrole nitrogens is 1. The molecule has 0 saturated heterocycles. The number of benzene rings is 1. The number of halogens is 1. The molecule has 0 atom stereocenters. The molecule has 0 unspecified atom stereocenters. The number of hydrogen-bond acceptors (Lipinski definition) is 3. The van der Waals surface area contributed by atoms with Crippen molar-refractivity contribution in [1.29, 1.82) is 0 Å². The molecular weight excluding hydrogens is 266 g/mol. The first-order chi connectivity index (χ1) is 9.20. The van der Waals surface area contributed by atoms with Gasteiger partial charge in [0.15, 0.2) is 0 Å². The molecule has 6 heteroatoms. The summed E-state index contributed by atoms with van der Waals surface area (Å²) in [4.78, 5) is 19.0. The Bertz CT molecular complexity index is 807. The maximum Gasteiger partial charge on any atom is 0.274 e. The Morgan fingerprint density at radius 2 is 2.21 bits per heavy atom. The molecule has 2 aromatic heterocycles. The zero-order valence-corrected chi connectivity index (χ0v) is 10.8. The van der Waals surface area contributed by atoms with E-state index < -0.39 is 0 Å². The van der Waals surface area contributed by atoms with Gasteiger partial charge >= 0.3 is 0 Å². The quantitative estimate of drug-likeness (QED) is 0.766. The lowest BCUT2D eigenvalue weighted by molar-refractivity contribution is 0.287. The molecule has 19 heavy (non-hydrogen) atoms. The Balaban J connectivity index is 2.36. The van der Waals surface area contributed by atoms with Crippen LogP contribution in [0.2, 0.25) is 5.02 Å². The molecular formula is C13H12ClN3O2. The van der Waals surface area contributed by atoms with Crippen LogP contribution >= 0.6 is 11.6 Å². The lowest BCUT2D eigenvalue weighted by atomic mass is 10.2. The number of aryl methyl sites for hydroxylation is 1. The van der Waals surface area contributed by atoms with E-state index in [1.54, 1.807) is 18.3 Å². The molecule has 5 nitrogen and oxygen atoms in total. The van der Waals surface area contributed by atoms with Crippen molar-refractivity contribution in [2.45, 2.75) is 12.8 Å². The highest BCUT2D eigenvalue weighted by molar-refractivity contribution is 6.31. The SMILES string of the molecule is O=c1[nH]c2cc(Cl)ccc2n2c(CCCO)ncc12. The average molecular weight is 278 g/mol. The third-order valence-electron chi connectivity index (χ3n) is 3.07. The summed E-state index contributed by atoms with van der Waals surface area (Å²) in [5.41, 5.74) is 1.83. The molecule has 3 rings (SSSR count). The van der Waals surface area contributed by atoms with Crippen molar-refractivity contribution in [2.24, 2.45) is 0 Å². The molecule has 98 valence electrons. The number of hydrogen-bond donors (Lipinski definition) is 2. The first-order valence-electron chi connectivity index (χ1n) is 5.99. The predicted molar refractivity (Wildman–Crippen MR) is 73.7 cm³/mol. The number of aromatic nitrogens is 3. The minimum absolute atomic E-state index is 0.0991. The van der Waals surface area contributed by atoms with E-state index in [1.807, 2.05) is 10.5 Å². The summed E-state index contributed by atoms with van der Waals surface area (Å²) in [6.07, 6.45) is 2.78. The van der Waals surface area contributed by atoms with E-state index in [4.69, 9.17) is 16.7 Å². The van der Waals surface area contributed by atoms with Gasteiger partial charge in [0.1, 0.15) is 11.3 Å². The van der Waals surface area contributed by atoms with Crippen LogP contribution in [0.5, 0.6) is 0 Å². The molecule has 0 fully saturated rings. The summed E-state index contributed by atoms with van der Waals surface area (Å²) in [5, 5.41) is 9.49. The van der Waals surface area contributed by atoms with Gasteiger partial charge in [-0.15, -0.1) is 0 Å². The van der Waals surface area contributed by atoms with Crippen molar-refractivity contribution in [3.63, 3.8) is 0 Å². The Labute approximate surface area is 113 Å². The number of aliphatic hydroxyl groups excluding tert-OH is 1. The van der Waals surface area contributed by atoms with E-state index in [1.165, 1.54) is 0 Å². The number of rotatable bonds is 3. The Kier molecular flexibility index (Phi) is 3.00. The van der Waals surface area contributed by atoms with Crippen LogP contribution in [-0.4, -0.2) is 26.1 Å². The molecule has 0 bridgehead atoms. The molecule has 0 radical (unpaired) electrons. The summed E-state index contributed by atoms with van der Waals surface area (Å²) in [6.45, 7) is 0.0991. The predicted octanol–water partition coefficient (Wildman–Crippen LogP) is 1.75. The van der Waals surface area contributed by atoms with Crippen LogP contribution in [0, 0.1) is 0 Å². The summed E-state index contributed by atoms with van der Waals surface area (Å²) >= 11 is 5.94. The second-order valence-electron chi connectivity index (χ2n) is 4.34. The van der Waals surface area contributed by atoms with Crippen molar-refractivity contribution in [2.75, 3.05) is 6.61 Å². The minimum atomic E-state index is -0.197. The Hall–Kier alpha value is -1.85. The van der Waals surface area contributed by atoms with E-state index >= 15 is 0 Å². The molecule has 0 spiro atoms. The molecule has 0 amide bonds. The van der Waals surface area contributed by atoms with E-state index in [0.29, 0.717) is 28.9 Å². The van der Waals surface area contributed by atoms with Crippen LogP contribution in [0.25, 0.3) is 16.6 Å². The standard InChI is InChI=1S/C13H12ClN3O2/c14-8-3-4-10-9(6-8)16-13(19)11-7-15-12(17(10)11)2-1-5-18/h3-4,6-7,18H,1-2,5H2,(H,16,19). The second kappa shape index (κ2) is 4.68. The third kappa shape index (κ3) is 2.01. The fraction of sp³-hybridized carbons (Fsp3) is 0.231. The maximum atomic E-state index is 12.0. The largest absolute Gasteiger partial charge is 0.396 e. The number of aromatic amines is 1. The first-order valence-corrected chi connectivity index (χ1v) is 6.37. The van der Waals surface area contributed by atoms with Crippen LogP contribution in [-0.2, 0) is 6.42 Å². The Morgan fingerprint density at radius 3 is 3.00 bits per heavy atom. The fourth-order valence-corrected chi connectivity index (χ4v) is 2.39. The number of nitrogens with zero attached hydrogens (tertiary/aromatic N) is 2. The average Bonchev–Trinajstić information content (AvgIpc) is 2.81. The number of nitrogens with one attached hydrogen (secondary N) is 1. The van der Waals surface area contributed by atoms with Crippen LogP contribution in [0.15, 0.2) is 29.2 Å². The summed E-state index contributed by atoms with van der Waals surface area (Å²) in [6, 6.07) is 5.34. The van der Waals surface area contributed by atoms with Crippen molar-refractivity contribution >= 4 is 28.2 Å². The molecule has 3 aromatic rings. The van der Waals surface area contributed by atoms with E-state index in [-0.39, 0.29) is 12.2 Å². The Morgan fingerprint density at radius 1 is 1.37 bits per heavy atom. The molecule has 0 aliphatic carbocycles. The zero-order valence-electron chi connectivity index (χ0n) is 10.1. The normalized spacial score (nSPS) is 11.5. The number of fused-ring (bicyclic) bond motifs is 3. The molecule has 1 aromatic carbocycles. The maximum absolute atomic E-state index is 12.0. The van der Waals surface area contributed by atoms with Gasteiger partial charge in [-0.05, 0) is 24.6 Å². The lowest BCUT2D eigenvalue weighted by Gasteiger charge is -2.05. The third-order valence-corrected chi connectivity index (χ3v) is 3.31. The topological polar surface area (TPSA) is 70.4 Å². The van der Waals surface area contributed by atoms with Gasteiger partial charge in [0.2, 0.25) is 0 Å². The van der Waals surface area contributed by atoms with Gasteiger partial charge in [0.25, 0.3) is 5.56 Å². The highest BCUT2D eigenvalue weighted by atomic mass is 35.5. The van der Waals surface area contributed by atoms with Crippen molar-refractivity contribution < 1.29 is 5.11 Å². The van der Waals surface area contributed by atoms with Gasteiger partial charge in [-0.25, -0.2) is 4.98 Å². The summed E-state index contributed by atoms with van der Waals surface area (Å²) < 4.78 is 1.82. The number of imidazole rings is 1. The van der Waals surface area contributed by atoms with Gasteiger partial charge in [0.05, 0.1) is 17.2 Å². The van der Waals surface area contributed by atoms with Gasteiger partial charge in [-0.1, -0.05) is 11.6 Å².